The molecule has 0 bridgehead atoms. The maximum Gasteiger partial charge on any atom is 0.338 e. The van der Waals surface area contributed by atoms with E-state index in [9.17, 15) is 14.4 Å². The van der Waals surface area contributed by atoms with E-state index in [2.05, 4.69) is 98.3 Å². The molecule has 280 valence electrons. The van der Waals surface area contributed by atoms with Crippen molar-refractivity contribution in [1.29, 1.82) is 0 Å². The van der Waals surface area contributed by atoms with Crippen LogP contribution in [0.1, 0.15) is 81.5 Å². The van der Waals surface area contributed by atoms with Crippen LogP contribution in [-0.4, -0.2) is 31.1 Å². The van der Waals surface area contributed by atoms with Crippen molar-refractivity contribution < 1.29 is 28.6 Å². The molecule has 0 spiro atoms. The molecule has 0 amide bonds. The van der Waals surface area contributed by atoms with E-state index in [4.69, 9.17) is 14.2 Å². The van der Waals surface area contributed by atoms with E-state index in [1.807, 2.05) is 25.1 Å². The number of aryl methyl sites for hydroxylation is 2. The molecule has 0 saturated heterocycles. The number of ether oxygens (including phenoxy) is 3. The lowest BCUT2D eigenvalue weighted by Crippen LogP contribution is -2.26. The largest absolute Gasteiger partial charge is 0.462 e. The molecule has 1 aliphatic rings. The van der Waals surface area contributed by atoms with E-state index in [-0.39, 0.29) is 17.4 Å². The molecule has 0 radical (unpaired) electrons. The number of esters is 3. The molecule has 0 heterocycles. The third-order valence-electron chi connectivity index (χ3n) is 9.90. The topological polar surface area (TPSA) is 82.1 Å². The normalized spacial score (nSPS) is 12.2. The maximum atomic E-state index is 12.4. The van der Waals surface area contributed by atoms with E-state index < -0.39 is 5.97 Å². The zero-order valence-electron chi connectivity index (χ0n) is 32.3. The lowest BCUT2D eigenvalue weighted by molar-refractivity contribution is -0.139. The highest BCUT2D eigenvalue weighted by molar-refractivity contribution is 5.90. The van der Waals surface area contributed by atoms with Gasteiger partial charge in [0.1, 0.15) is 5.75 Å². The van der Waals surface area contributed by atoms with Crippen LogP contribution < -0.4 is 9.64 Å². The molecule has 54 heavy (non-hydrogen) atoms. The fraction of sp³-hybridized carbons (Fsp3) is 0.298. The van der Waals surface area contributed by atoms with Crippen molar-refractivity contribution in [2.45, 2.75) is 78.6 Å². The second-order valence-corrected chi connectivity index (χ2v) is 14.4. The van der Waals surface area contributed by atoms with Gasteiger partial charge in [0, 0.05) is 39.2 Å². The molecule has 0 aliphatic heterocycles. The van der Waals surface area contributed by atoms with Crippen molar-refractivity contribution in [3.63, 3.8) is 0 Å². The van der Waals surface area contributed by atoms with E-state index in [1.165, 1.54) is 22.3 Å². The second kappa shape index (κ2) is 17.4. The Kier molecular flexibility index (Phi) is 12.8. The van der Waals surface area contributed by atoms with Crippen LogP contribution in [0.3, 0.4) is 0 Å². The van der Waals surface area contributed by atoms with Gasteiger partial charge in [0.15, 0.2) is 0 Å². The number of benzene rings is 4. The summed E-state index contributed by atoms with van der Waals surface area (Å²) in [4.78, 5) is 38.9. The van der Waals surface area contributed by atoms with Gasteiger partial charge in [-0.25, -0.2) is 14.4 Å². The van der Waals surface area contributed by atoms with Crippen LogP contribution in [0.5, 0.6) is 5.75 Å². The molecule has 0 unspecified atom stereocenters. The Morgan fingerprint density at radius 1 is 0.593 bits per heavy atom. The number of carbonyl (C=O) groups is 3. The Bertz CT molecular complexity index is 2060. The molecule has 0 saturated carbocycles. The van der Waals surface area contributed by atoms with Gasteiger partial charge in [0.05, 0.1) is 13.2 Å². The van der Waals surface area contributed by atoms with Crippen LogP contribution in [0, 0.1) is 13.8 Å². The lowest BCUT2D eigenvalue weighted by Gasteiger charge is -2.34. The number of fused-ring (bicyclic) bond motifs is 3. The summed E-state index contributed by atoms with van der Waals surface area (Å²) in [7, 11) is 0. The van der Waals surface area contributed by atoms with Crippen LogP contribution >= 0.6 is 0 Å². The minimum Gasteiger partial charge on any atom is -0.462 e. The lowest BCUT2D eigenvalue weighted by atomic mass is 9.70. The smallest absolute Gasteiger partial charge is 0.338 e. The van der Waals surface area contributed by atoms with Gasteiger partial charge in [-0.3, -0.25) is 0 Å². The van der Waals surface area contributed by atoms with E-state index >= 15 is 0 Å². The van der Waals surface area contributed by atoms with Gasteiger partial charge >= 0.3 is 17.9 Å². The van der Waals surface area contributed by atoms with E-state index in [0.29, 0.717) is 48.5 Å². The number of unbranched alkanes of at least 4 members (excludes halogenated alkanes) is 2. The van der Waals surface area contributed by atoms with Crippen LogP contribution in [0.4, 0.5) is 17.1 Å². The Balaban J connectivity index is 1.57. The highest BCUT2D eigenvalue weighted by atomic mass is 16.5. The first-order valence-corrected chi connectivity index (χ1v) is 18.6. The quantitative estimate of drug-likeness (QED) is 0.0464. The molecule has 7 nitrogen and oxygen atoms in total. The molecule has 4 aromatic carbocycles. The van der Waals surface area contributed by atoms with Crippen LogP contribution in [0.2, 0.25) is 0 Å². The third-order valence-corrected chi connectivity index (χ3v) is 9.90. The zero-order valence-corrected chi connectivity index (χ0v) is 32.3. The van der Waals surface area contributed by atoms with Crippen molar-refractivity contribution in [1.82, 2.24) is 0 Å². The predicted octanol–water partition coefficient (Wildman–Crippen LogP) is 11.1. The summed E-state index contributed by atoms with van der Waals surface area (Å²) in [5, 5.41) is 0. The van der Waals surface area contributed by atoms with Crippen molar-refractivity contribution in [2.75, 3.05) is 18.1 Å². The molecule has 0 N–H and O–H groups in total. The molecular weight excluding hydrogens is 675 g/mol. The zero-order chi connectivity index (χ0) is 39.0. The van der Waals surface area contributed by atoms with Crippen molar-refractivity contribution in [2.24, 2.45) is 0 Å². The minimum absolute atomic E-state index is 0.325. The van der Waals surface area contributed by atoms with Gasteiger partial charge in [-0.05, 0) is 149 Å². The SMILES string of the molecule is C=C(C)C(=O)OCCCCC1(CCCCOC(=O)C(=C)C)c2ccccc2-c2ccc(N(c3cccc(C)c3)c3ccc(OC(=O)C(=C)C)c(C)c3)cc21. The number of hydrogen-bond donors (Lipinski definition) is 0. The number of rotatable bonds is 17. The standard InChI is InChI=1S/C47H51NO6/c1-31(2)44(49)52-26-13-11-24-47(25-12-14-27-53-45(50)32(3)4)41-19-10-9-18-39(41)40-22-20-38(30-42(40)47)48(36-17-15-16-34(7)28-36)37-21-23-43(35(8)29-37)54-46(51)33(5)6/h9-10,15-23,28-30H,1,3,5,11-14,24-27H2,2,4,6-8H3. The molecule has 0 atom stereocenters. The molecular formula is C47H51NO6. The van der Waals surface area contributed by atoms with Crippen LogP contribution in [0.25, 0.3) is 11.1 Å². The van der Waals surface area contributed by atoms with Crippen molar-refractivity contribution in [3.8, 4) is 16.9 Å². The number of nitrogens with zero attached hydrogens (tertiary/aromatic N) is 1. The third kappa shape index (κ3) is 8.91. The highest BCUT2D eigenvalue weighted by Crippen LogP contribution is 2.55. The average molecular weight is 726 g/mol. The number of hydrogen-bond acceptors (Lipinski definition) is 7. The van der Waals surface area contributed by atoms with Gasteiger partial charge in [-0.2, -0.15) is 0 Å². The fourth-order valence-corrected chi connectivity index (χ4v) is 7.17. The highest BCUT2D eigenvalue weighted by Gasteiger charge is 2.42. The summed E-state index contributed by atoms with van der Waals surface area (Å²) in [6, 6.07) is 29.6. The Morgan fingerprint density at radius 3 is 1.74 bits per heavy atom. The van der Waals surface area contributed by atoms with Gasteiger partial charge in [-0.15, -0.1) is 0 Å². The van der Waals surface area contributed by atoms with Crippen molar-refractivity contribution in [3.05, 3.63) is 144 Å². The summed E-state index contributed by atoms with van der Waals surface area (Å²) < 4.78 is 16.6. The Hall–Kier alpha value is -5.69. The predicted molar refractivity (Wildman–Crippen MR) is 217 cm³/mol. The van der Waals surface area contributed by atoms with Crippen LogP contribution in [-0.2, 0) is 29.3 Å². The van der Waals surface area contributed by atoms with E-state index in [0.717, 1.165) is 53.9 Å². The summed E-state index contributed by atoms with van der Waals surface area (Å²) in [6.07, 6.45) is 4.76. The first-order chi connectivity index (χ1) is 25.8. The second-order valence-electron chi connectivity index (χ2n) is 14.4. The molecule has 7 heteroatoms. The Morgan fingerprint density at radius 2 is 1.15 bits per heavy atom. The minimum atomic E-state index is -0.459. The van der Waals surface area contributed by atoms with E-state index in [1.54, 1.807) is 20.8 Å². The van der Waals surface area contributed by atoms with Gasteiger partial charge in [0.25, 0.3) is 0 Å². The van der Waals surface area contributed by atoms with Gasteiger partial charge in [0.2, 0.25) is 0 Å². The molecule has 0 fully saturated rings. The summed E-state index contributed by atoms with van der Waals surface area (Å²) in [5.41, 5.74) is 10.6. The fourth-order valence-electron chi connectivity index (χ4n) is 7.17. The number of anilines is 3. The average Bonchev–Trinajstić information content (AvgIpc) is 3.41. The maximum absolute atomic E-state index is 12.4. The molecule has 0 aromatic heterocycles. The monoisotopic (exact) mass is 725 g/mol. The van der Waals surface area contributed by atoms with Gasteiger partial charge < -0.3 is 19.1 Å². The summed E-state index contributed by atoms with van der Waals surface area (Å²) in [6.45, 7) is 20.7. The number of carbonyl (C=O) groups excluding carboxylic acids is 3. The molecule has 4 aromatic rings. The Labute approximate surface area is 320 Å². The van der Waals surface area contributed by atoms with Gasteiger partial charge in [-0.1, -0.05) is 62.2 Å². The first-order valence-electron chi connectivity index (χ1n) is 18.6. The molecule has 1 aliphatic carbocycles. The summed E-state index contributed by atoms with van der Waals surface area (Å²) >= 11 is 0. The summed E-state index contributed by atoms with van der Waals surface area (Å²) in [5.74, 6) is -0.714. The molecule has 5 rings (SSSR count). The van der Waals surface area contributed by atoms with Crippen molar-refractivity contribution >= 4 is 35.0 Å². The first kappa shape index (κ1) is 39.5. The van der Waals surface area contributed by atoms with Crippen LogP contribution in [0.15, 0.2) is 121 Å².